The molecule has 1 fully saturated rings. The van der Waals surface area contributed by atoms with E-state index in [-0.39, 0.29) is 29.5 Å². The smallest absolute Gasteiger partial charge is 0.224 e. The minimum atomic E-state index is -0.281. The fourth-order valence-electron chi connectivity index (χ4n) is 3.43. The van der Waals surface area contributed by atoms with Gasteiger partial charge in [-0.15, -0.1) is 0 Å². The van der Waals surface area contributed by atoms with Crippen LogP contribution in [0.2, 0.25) is 0 Å². The molecule has 3 rings (SSSR count). The van der Waals surface area contributed by atoms with Crippen LogP contribution in [0.25, 0.3) is 0 Å². The van der Waals surface area contributed by atoms with Crippen LogP contribution in [0.5, 0.6) is 0 Å². The first kappa shape index (κ1) is 18.5. The molecule has 1 N–H and O–H groups in total. The molecular weight excluding hydrogens is 334 g/mol. The molecule has 0 bridgehead atoms. The Labute approximate surface area is 153 Å². The zero-order chi connectivity index (χ0) is 18.5. The number of piperidine rings is 1. The fraction of sp³-hybridized carbons (Fsp3) is 0.381. The van der Waals surface area contributed by atoms with Gasteiger partial charge < -0.3 is 5.32 Å². The van der Waals surface area contributed by atoms with Gasteiger partial charge in [-0.1, -0.05) is 24.3 Å². The van der Waals surface area contributed by atoms with E-state index in [0.29, 0.717) is 6.54 Å². The summed E-state index contributed by atoms with van der Waals surface area (Å²) in [6, 6.07) is 12.6. The minimum absolute atomic E-state index is 0.0330. The lowest BCUT2D eigenvalue weighted by molar-refractivity contribution is -0.127. The Morgan fingerprint density at radius 1 is 1.12 bits per heavy atom. The van der Waals surface area contributed by atoms with Crippen molar-refractivity contribution >= 4 is 5.91 Å². The molecule has 1 amide bonds. The maximum absolute atomic E-state index is 13.0. The molecule has 138 valence electrons. The molecule has 2 aromatic carbocycles. The zero-order valence-corrected chi connectivity index (χ0v) is 14.9. The largest absolute Gasteiger partial charge is 0.349 e. The first-order valence-corrected chi connectivity index (χ1v) is 9.04. The third kappa shape index (κ3) is 4.88. The summed E-state index contributed by atoms with van der Waals surface area (Å²) in [5.74, 6) is -0.548. The van der Waals surface area contributed by atoms with Gasteiger partial charge in [0.1, 0.15) is 11.6 Å². The number of likely N-dealkylation sites (tertiary alicyclic amines) is 1. The summed E-state index contributed by atoms with van der Waals surface area (Å²) in [7, 11) is 0. The Hall–Kier alpha value is -2.27. The summed E-state index contributed by atoms with van der Waals surface area (Å²) in [6.45, 7) is 4.26. The standard InChI is InChI=1S/C21H24F2N2O/c1-15(17-6-10-20(23)11-7-17)24-21(26)18-3-2-12-25(14-18)13-16-4-8-19(22)9-5-16/h4-11,15,18H,2-3,12-14H2,1H3,(H,24,26)/t15-,18+/m0/s1. The predicted molar refractivity (Wildman–Crippen MR) is 97.4 cm³/mol. The van der Waals surface area contributed by atoms with Crippen molar-refractivity contribution in [3.8, 4) is 0 Å². The highest BCUT2D eigenvalue weighted by atomic mass is 19.1. The van der Waals surface area contributed by atoms with Crippen LogP contribution in [0.3, 0.4) is 0 Å². The number of amides is 1. The van der Waals surface area contributed by atoms with Crippen LogP contribution in [0, 0.1) is 17.6 Å². The van der Waals surface area contributed by atoms with Crippen LogP contribution in [0.15, 0.2) is 48.5 Å². The van der Waals surface area contributed by atoms with Crippen LogP contribution in [-0.2, 0) is 11.3 Å². The summed E-state index contributed by atoms with van der Waals surface area (Å²) < 4.78 is 26.1. The Balaban J connectivity index is 1.55. The van der Waals surface area contributed by atoms with E-state index in [1.54, 1.807) is 24.3 Å². The normalized spacial score (nSPS) is 19.1. The Kier molecular flexibility index (Phi) is 5.99. The van der Waals surface area contributed by atoms with Gasteiger partial charge in [0.25, 0.3) is 0 Å². The second-order valence-corrected chi connectivity index (χ2v) is 6.98. The number of halogens is 2. The minimum Gasteiger partial charge on any atom is -0.349 e. The molecule has 1 aliphatic rings. The van der Waals surface area contributed by atoms with Gasteiger partial charge in [-0.2, -0.15) is 0 Å². The van der Waals surface area contributed by atoms with Gasteiger partial charge in [-0.05, 0) is 61.7 Å². The quantitative estimate of drug-likeness (QED) is 0.874. The van der Waals surface area contributed by atoms with E-state index in [1.165, 1.54) is 24.3 Å². The SMILES string of the molecule is C[C@H](NC(=O)[C@@H]1CCCN(Cc2ccc(F)cc2)C1)c1ccc(F)cc1. The predicted octanol–water partition coefficient (Wildman–Crippen LogP) is 4.05. The average Bonchev–Trinajstić information content (AvgIpc) is 2.64. The molecule has 0 spiro atoms. The van der Waals surface area contributed by atoms with Crippen LogP contribution < -0.4 is 5.32 Å². The van der Waals surface area contributed by atoms with Crippen molar-refractivity contribution in [2.24, 2.45) is 5.92 Å². The van der Waals surface area contributed by atoms with E-state index >= 15 is 0 Å². The van der Waals surface area contributed by atoms with Gasteiger partial charge in [-0.25, -0.2) is 8.78 Å². The summed E-state index contributed by atoms with van der Waals surface area (Å²) in [5.41, 5.74) is 1.94. The first-order chi connectivity index (χ1) is 12.5. The molecule has 0 aliphatic carbocycles. The van der Waals surface area contributed by atoms with Gasteiger partial charge in [0.05, 0.1) is 12.0 Å². The number of hydrogen-bond acceptors (Lipinski definition) is 2. The molecule has 0 unspecified atom stereocenters. The van der Waals surface area contributed by atoms with Crippen LogP contribution >= 0.6 is 0 Å². The Bertz CT molecular complexity index is 731. The molecular formula is C21H24F2N2O. The van der Waals surface area contributed by atoms with E-state index in [1.807, 2.05) is 6.92 Å². The van der Waals surface area contributed by atoms with E-state index in [2.05, 4.69) is 10.2 Å². The van der Waals surface area contributed by atoms with Crippen molar-refractivity contribution in [2.45, 2.75) is 32.4 Å². The van der Waals surface area contributed by atoms with Crippen molar-refractivity contribution in [1.82, 2.24) is 10.2 Å². The molecule has 26 heavy (non-hydrogen) atoms. The fourth-order valence-corrected chi connectivity index (χ4v) is 3.43. The lowest BCUT2D eigenvalue weighted by atomic mass is 9.96. The van der Waals surface area contributed by atoms with Crippen molar-refractivity contribution in [1.29, 1.82) is 0 Å². The number of nitrogens with zero attached hydrogens (tertiary/aromatic N) is 1. The maximum atomic E-state index is 13.0. The van der Waals surface area contributed by atoms with Gasteiger partial charge in [-0.3, -0.25) is 9.69 Å². The van der Waals surface area contributed by atoms with E-state index in [9.17, 15) is 13.6 Å². The molecule has 3 nitrogen and oxygen atoms in total. The van der Waals surface area contributed by atoms with Crippen LogP contribution in [0.4, 0.5) is 8.78 Å². The molecule has 0 radical (unpaired) electrons. The molecule has 1 heterocycles. The highest BCUT2D eigenvalue weighted by Crippen LogP contribution is 2.21. The number of carbonyl (C=O) groups excluding carboxylic acids is 1. The monoisotopic (exact) mass is 358 g/mol. The Morgan fingerprint density at radius 2 is 1.73 bits per heavy atom. The third-order valence-electron chi connectivity index (χ3n) is 4.92. The van der Waals surface area contributed by atoms with Gasteiger partial charge in [0.2, 0.25) is 5.91 Å². The molecule has 2 atom stereocenters. The molecule has 2 aromatic rings. The van der Waals surface area contributed by atoms with Gasteiger partial charge >= 0.3 is 0 Å². The van der Waals surface area contributed by atoms with E-state index in [4.69, 9.17) is 0 Å². The van der Waals surface area contributed by atoms with Crippen molar-refractivity contribution in [2.75, 3.05) is 13.1 Å². The average molecular weight is 358 g/mol. The second-order valence-electron chi connectivity index (χ2n) is 6.98. The van der Waals surface area contributed by atoms with E-state index < -0.39 is 0 Å². The first-order valence-electron chi connectivity index (χ1n) is 9.04. The molecule has 0 saturated carbocycles. The van der Waals surface area contributed by atoms with Crippen molar-refractivity contribution in [3.63, 3.8) is 0 Å². The highest BCUT2D eigenvalue weighted by Gasteiger charge is 2.26. The zero-order valence-electron chi connectivity index (χ0n) is 14.9. The number of benzene rings is 2. The molecule has 5 heteroatoms. The highest BCUT2D eigenvalue weighted by molar-refractivity contribution is 5.79. The topological polar surface area (TPSA) is 32.3 Å². The lowest BCUT2D eigenvalue weighted by Gasteiger charge is -2.32. The maximum Gasteiger partial charge on any atom is 0.224 e. The third-order valence-corrected chi connectivity index (χ3v) is 4.92. The summed E-state index contributed by atoms with van der Waals surface area (Å²) >= 11 is 0. The molecule has 0 aromatic heterocycles. The Morgan fingerprint density at radius 3 is 2.38 bits per heavy atom. The van der Waals surface area contributed by atoms with Crippen molar-refractivity contribution in [3.05, 3.63) is 71.3 Å². The summed E-state index contributed by atoms with van der Waals surface area (Å²) in [6.07, 6.45) is 1.83. The van der Waals surface area contributed by atoms with Crippen LogP contribution in [0.1, 0.15) is 36.9 Å². The lowest BCUT2D eigenvalue weighted by Crippen LogP contribution is -2.43. The summed E-state index contributed by atoms with van der Waals surface area (Å²) in [4.78, 5) is 14.9. The number of hydrogen-bond donors (Lipinski definition) is 1. The number of nitrogens with one attached hydrogen (secondary N) is 1. The van der Waals surface area contributed by atoms with Crippen LogP contribution in [-0.4, -0.2) is 23.9 Å². The number of carbonyl (C=O) groups is 1. The second kappa shape index (κ2) is 8.41. The summed E-state index contributed by atoms with van der Waals surface area (Å²) in [5, 5.41) is 3.04. The number of rotatable bonds is 5. The van der Waals surface area contributed by atoms with Crippen molar-refractivity contribution < 1.29 is 13.6 Å². The molecule has 1 saturated heterocycles. The van der Waals surface area contributed by atoms with Gasteiger partial charge in [0, 0.05) is 13.1 Å². The molecule has 1 aliphatic heterocycles. The van der Waals surface area contributed by atoms with Gasteiger partial charge in [0.15, 0.2) is 0 Å². The van der Waals surface area contributed by atoms with E-state index in [0.717, 1.165) is 37.1 Å².